The quantitative estimate of drug-likeness (QED) is 0.327. The monoisotopic (exact) mass is 551 g/mol. The zero-order valence-corrected chi connectivity index (χ0v) is 25.3. The van der Waals surface area contributed by atoms with Gasteiger partial charge in [-0.1, -0.05) is 0 Å². The Morgan fingerprint density at radius 2 is 1.06 bits per heavy atom. The van der Waals surface area contributed by atoms with Crippen molar-refractivity contribution in [1.82, 2.24) is 0 Å². The fourth-order valence-electron chi connectivity index (χ4n) is 2.98. The van der Waals surface area contributed by atoms with E-state index < -0.39 is 0 Å². The van der Waals surface area contributed by atoms with Crippen LogP contribution in [0.15, 0.2) is 51.0 Å². The van der Waals surface area contributed by atoms with Crippen LogP contribution < -0.4 is 0 Å². The topological polar surface area (TPSA) is 0 Å². The second-order valence-electron chi connectivity index (χ2n) is 12.8. The maximum atomic E-state index is 2.43. The molecule has 0 radical (unpaired) electrons. The predicted octanol–water partition coefficient (Wildman–Crippen LogP) is 8.14. The molecule has 0 N–H and O–H groups in total. The summed E-state index contributed by atoms with van der Waals surface area (Å²) in [4.78, 5) is 0. The molecule has 0 atom stereocenters. The summed E-state index contributed by atoms with van der Waals surface area (Å²) in [6.07, 6.45) is 11.7. The number of hydrogen-bond acceptors (Lipinski definition) is 0. The Labute approximate surface area is 204 Å². The van der Waals surface area contributed by atoms with E-state index in [1.54, 1.807) is 17.8 Å². The van der Waals surface area contributed by atoms with Gasteiger partial charge in [-0.3, -0.25) is 0 Å². The first-order chi connectivity index (χ1) is 13.9. The van der Waals surface area contributed by atoms with Crippen molar-refractivity contribution >= 4 is 35.5 Å². The normalized spacial score (nSPS) is 16.5. The Balaban J connectivity index is 2.47. The first-order valence-corrected chi connectivity index (χ1v) is 14.8. The molecule has 0 bridgehead atoms. The third-order valence-corrected chi connectivity index (χ3v) is 13.1. The second-order valence-corrected chi connectivity index (χ2v) is 17.3. The van der Waals surface area contributed by atoms with Crippen LogP contribution in [0.1, 0.15) is 97.5 Å². The van der Waals surface area contributed by atoms with Crippen molar-refractivity contribution in [3.05, 3.63) is 65.4 Å². The number of rotatable bonds is 2. The summed E-state index contributed by atoms with van der Waals surface area (Å²) in [6.45, 7) is 28.1. The van der Waals surface area contributed by atoms with Crippen molar-refractivity contribution in [2.24, 2.45) is 10.8 Å². The van der Waals surface area contributed by atoms with E-state index in [9.17, 15) is 0 Å². The summed E-state index contributed by atoms with van der Waals surface area (Å²) in [5.41, 5.74) is 3.57. The molecule has 0 nitrogen and oxygen atoms in total. The Hall–Kier alpha value is -0.651. The average Bonchev–Trinajstić information content (AvgIpc) is 2.58. The molecule has 31 heavy (non-hydrogen) atoms. The van der Waals surface area contributed by atoms with Gasteiger partial charge in [0.2, 0.25) is 0 Å². The van der Waals surface area contributed by atoms with Crippen molar-refractivity contribution in [2.45, 2.75) is 93.9 Å². The molecule has 0 aliphatic carbocycles. The third kappa shape index (κ3) is 7.71. The van der Waals surface area contributed by atoms with E-state index in [-0.39, 0.29) is 21.7 Å². The van der Waals surface area contributed by atoms with E-state index in [1.807, 2.05) is 0 Å². The van der Waals surface area contributed by atoms with Gasteiger partial charge in [0.25, 0.3) is 0 Å². The molecule has 0 fully saturated rings. The predicted molar refractivity (Wildman–Crippen MR) is 143 cm³/mol. The molecule has 2 rings (SSSR count). The number of hydrogen-bond donors (Lipinski definition) is 0. The molecule has 0 saturated carbocycles. The average molecular weight is 550 g/mol. The molecule has 0 spiro atoms. The Kier molecular flexibility index (Phi) is 7.98. The van der Waals surface area contributed by atoms with Crippen LogP contribution in [-0.4, -0.2) is 29.5 Å². The van der Waals surface area contributed by atoms with E-state index in [0.29, 0.717) is 29.5 Å². The summed E-state index contributed by atoms with van der Waals surface area (Å²) in [7, 11) is 0. The first-order valence-electron chi connectivity index (χ1n) is 11.4. The van der Waals surface area contributed by atoms with E-state index in [2.05, 4.69) is 126 Å². The van der Waals surface area contributed by atoms with E-state index in [1.165, 1.54) is 11.1 Å². The van der Waals surface area contributed by atoms with E-state index in [4.69, 9.17) is 0 Å². The van der Waals surface area contributed by atoms with Gasteiger partial charge in [-0.2, -0.15) is 0 Å². The van der Waals surface area contributed by atoms with Crippen LogP contribution in [0.25, 0.3) is 6.08 Å². The summed E-state index contributed by atoms with van der Waals surface area (Å²) < 4.78 is 6.35. The Morgan fingerprint density at radius 1 is 0.645 bits per heavy atom. The second kappa shape index (κ2) is 9.30. The van der Waals surface area contributed by atoms with Crippen LogP contribution in [0.4, 0.5) is 0 Å². The summed E-state index contributed by atoms with van der Waals surface area (Å²) in [6, 6.07) is 4.86. The zero-order valence-electron chi connectivity index (χ0n) is 21.9. The van der Waals surface area contributed by atoms with Gasteiger partial charge in [0.1, 0.15) is 0 Å². The van der Waals surface area contributed by atoms with Crippen molar-refractivity contribution < 1.29 is 0 Å². The first kappa shape index (κ1) is 26.6. The van der Waals surface area contributed by atoms with Crippen LogP contribution in [0.3, 0.4) is 0 Å². The summed E-state index contributed by atoms with van der Waals surface area (Å²) >= 11 is 0.874. The molecule has 1 aliphatic heterocycles. The fourth-order valence-corrected chi connectivity index (χ4v) is 8.19. The van der Waals surface area contributed by atoms with Gasteiger partial charge in [-0.15, -0.1) is 0 Å². The molecule has 0 aromatic carbocycles. The van der Waals surface area contributed by atoms with Crippen LogP contribution in [-0.2, 0) is 10.8 Å². The fraction of sp³-hybridized carbons (Fsp3) is 0.552. The van der Waals surface area contributed by atoms with Gasteiger partial charge in [-0.05, 0) is 0 Å². The Bertz CT molecular complexity index is 861. The van der Waals surface area contributed by atoms with Gasteiger partial charge in [-0.25, -0.2) is 0 Å². The van der Waals surface area contributed by atoms with Crippen molar-refractivity contribution in [2.75, 3.05) is 0 Å². The van der Waals surface area contributed by atoms with Gasteiger partial charge >= 0.3 is 206 Å². The molecule has 2 heterocycles. The molecule has 1 aromatic rings. The SMILES string of the molecule is CC(C)(C)C1=CC(=C/C=C/c2cc(C(C)(C)C)[se+]c(C(C)(C)C)c2)C=C(C(C)(C)C)[Se]1. The van der Waals surface area contributed by atoms with Crippen LogP contribution in [0.5, 0.6) is 0 Å². The minimum atomic E-state index is 0.225. The minimum absolute atomic E-state index is 0.225. The zero-order chi connectivity index (χ0) is 23.8. The Morgan fingerprint density at radius 3 is 1.42 bits per heavy atom. The molecule has 1 aliphatic rings. The van der Waals surface area contributed by atoms with Gasteiger partial charge < -0.3 is 0 Å². The maximum absolute atomic E-state index is 2.43. The molecule has 170 valence electrons. The molecule has 0 amide bonds. The standard InChI is InChI=1S/C29H43Se2/c1-26(2,3)22-16-20(17-23(30-22)27(4,5)6)14-13-15-21-18-24(28(7,8)9)31-25(19-21)29(10,11)12/h13-19H,1-12H3/q+1. The number of allylic oxidation sites excluding steroid dienone is 7. The van der Waals surface area contributed by atoms with Crippen molar-refractivity contribution in [3.63, 3.8) is 0 Å². The molecule has 1 aromatic heterocycles. The van der Waals surface area contributed by atoms with E-state index in [0.717, 1.165) is 0 Å². The summed E-state index contributed by atoms with van der Waals surface area (Å²) in [5, 5.41) is 0. The third-order valence-electron chi connectivity index (χ3n) is 5.17. The van der Waals surface area contributed by atoms with Gasteiger partial charge in [0, 0.05) is 0 Å². The van der Waals surface area contributed by atoms with Gasteiger partial charge in [0.15, 0.2) is 0 Å². The van der Waals surface area contributed by atoms with Gasteiger partial charge in [0.05, 0.1) is 0 Å². The molecule has 0 unspecified atom stereocenters. The molecular weight excluding hydrogens is 506 g/mol. The molecule has 2 heteroatoms. The van der Waals surface area contributed by atoms with E-state index >= 15 is 0 Å². The van der Waals surface area contributed by atoms with Crippen molar-refractivity contribution in [1.29, 1.82) is 0 Å². The molecular formula is C29H43Se2+. The molecule has 0 saturated heterocycles. The van der Waals surface area contributed by atoms with Crippen LogP contribution >= 0.6 is 0 Å². The van der Waals surface area contributed by atoms with Crippen LogP contribution in [0, 0.1) is 10.8 Å². The van der Waals surface area contributed by atoms with Crippen molar-refractivity contribution in [3.8, 4) is 0 Å². The van der Waals surface area contributed by atoms with Crippen LogP contribution in [0.2, 0.25) is 0 Å². The summed E-state index contributed by atoms with van der Waals surface area (Å²) in [5.74, 6) is 0.